The fourth-order valence-corrected chi connectivity index (χ4v) is 3.00. The van der Waals surface area contributed by atoms with Crippen LogP contribution in [0.3, 0.4) is 0 Å². The Morgan fingerprint density at radius 1 is 1.25 bits per heavy atom. The van der Waals surface area contributed by atoms with E-state index in [9.17, 15) is 4.79 Å². The standard InChI is InChI=1S/C16H21Br2NO/c1-3-4-5-6-9-14(12-17)19(13(2)20)16-11-8-7-10-15(16)18/h7-8,10-12H,3-6,9H2,1-2H3/b14-12+. The van der Waals surface area contributed by atoms with Crippen LogP contribution in [0, 0.1) is 0 Å². The lowest BCUT2D eigenvalue weighted by molar-refractivity contribution is -0.116. The number of para-hydroxylation sites is 1. The van der Waals surface area contributed by atoms with Crippen LogP contribution in [0.4, 0.5) is 5.69 Å². The van der Waals surface area contributed by atoms with E-state index >= 15 is 0 Å². The van der Waals surface area contributed by atoms with E-state index in [2.05, 4.69) is 38.8 Å². The molecule has 4 heteroatoms. The molecule has 0 aliphatic heterocycles. The molecule has 0 atom stereocenters. The lowest BCUT2D eigenvalue weighted by atomic mass is 10.1. The van der Waals surface area contributed by atoms with Crippen LogP contribution in [0.1, 0.15) is 46.0 Å². The molecule has 20 heavy (non-hydrogen) atoms. The van der Waals surface area contributed by atoms with Crippen LogP contribution in [0.15, 0.2) is 39.4 Å². The summed E-state index contributed by atoms with van der Waals surface area (Å²) >= 11 is 6.92. The van der Waals surface area contributed by atoms with Crippen molar-refractivity contribution in [3.8, 4) is 0 Å². The Morgan fingerprint density at radius 3 is 2.50 bits per heavy atom. The van der Waals surface area contributed by atoms with Crippen LogP contribution in [-0.2, 0) is 4.79 Å². The molecular formula is C16H21Br2NO. The average molecular weight is 403 g/mol. The third-order valence-electron chi connectivity index (χ3n) is 3.11. The number of unbranched alkanes of at least 4 members (excludes halogenated alkanes) is 3. The van der Waals surface area contributed by atoms with Crippen molar-refractivity contribution >= 4 is 43.5 Å². The molecule has 0 aliphatic carbocycles. The minimum atomic E-state index is 0.0260. The molecule has 0 saturated carbocycles. The van der Waals surface area contributed by atoms with Gasteiger partial charge in [0.1, 0.15) is 0 Å². The summed E-state index contributed by atoms with van der Waals surface area (Å²) in [6.45, 7) is 3.80. The summed E-state index contributed by atoms with van der Waals surface area (Å²) in [5.74, 6) is 0.0260. The Bertz CT molecular complexity index is 471. The van der Waals surface area contributed by atoms with E-state index < -0.39 is 0 Å². The monoisotopic (exact) mass is 401 g/mol. The largest absolute Gasteiger partial charge is 0.283 e. The van der Waals surface area contributed by atoms with E-state index in [-0.39, 0.29) is 5.91 Å². The van der Waals surface area contributed by atoms with Crippen molar-refractivity contribution in [1.29, 1.82) is 0 Å². The first-order chi connectivity index (χ1) is 9.61. The van der Waals surface area contributed by atoms with Crippen molar-refractivity contribution in [2.75, 3.05) is 4.90 Å². The zero-order valence-electron chi connectivity index (χ0n) is 12.0. The van der Waals surface area contributed by atoms with Crippen molar-refractivity contribution in [3.05, 3.63) is 39.4 Å². The first-order valence-corrected chi connectivity index (χ1v) is 8.67. The van der Waals surface area contributed by atoms with E-state index in [0.717, 1.165) is 28.7 Å². The number of halogens is 2. The van der Waals surface area contributed by atoms with Crippen molar-refractivity contribution in [2.45, 2.75) is 46.0 Å². The SMILES string of the molecule is CCCCCC/C(=C\Br)N(C(C)=O)c1ccccc1Br. The van der Waals surface area contributed by atoms with E-state index in [0.29, 0.717) is 0 Å². The molecule has 0 aliphatic rings. The van der Waals surface area contributed by atoms with E-state index in [1.165, 1.54) is 19.3 Å². The number of hydrogen-bond acceptors (Lipinski definition) is 1. The summed E-state index contributed by atoms with van der Waals surface area (Å²) in [5.41, 5.74) is 1.89. The van der Waals surface area contributed by atoms with Crippen LogP contribution in [0.2, 0.25) is 0 Å². The molecule has 2 nitrogen and oxygen atoms in total. The number of allylic oxidation sites excluding steroid dienone is 1. The number of benzene rings is 1. The number of hydrogen-bond donors (Lipinski definition) is 0. The predicted molar refractivity (Wildman–Crippen MR) is 93.1 cm³/mol. The molecule has 0 aromatic heterocycles. The highest BCUT2D eigenvalue weighted by atomic mass is 79.9. The molecule has 1 aromatic carbocycles. The number of carbonyl (C=O) groups excluding carboxylic acids is 1. The Balaban J connectivity index is 2.89. The maximum atomic E-state index is 12.0. The van der Waals surface area contributed by atoms with E-state index in [1.54, 1.807) is 11.8 Å². The molecule has 1 amide bonds. The number of rotatable bonds is 7. The first kappa shape index (κ1) is 17.4. The Hall–Kier alpha value is -0.610. The molecule has 110 valence electrons. The Morgan fingerprint density at radius 2 is 1.95 bits per heavy atom. The molecule has 0 radical (unpaired) electrons. The number of amides is 1. The minimum absolute atomic E-state index is 0.0260. The third-order valence-corrected chi connectivity index (χ3v) is 4.31. The first-order valence-electron chi connectivity index (χ1n) is 6.96. The van der Waals surface area contributed by atoms with Crippen LogP contribution < -0.4 is 4.90 Å². The van der Waals surface area contributed by atoms with Crippen molar-refractivity contribution in [1.82, 2.24) is 0 Å². The molecule has 0 saturated heterocycles. The van der Waals surface area contributed by atoms with Crippen LogP contribution in [0.5, 0.6) is 0 Å². The third kappa shape index (κ3) is 5.06. The second-order valence-corrected chi connectivity index (χ2v) is 6.03. The maximum absolute atomic E-state index is 12.0. The smallest absolute Gasteiger partial charge is 0.228 e. The Labute approximate surface area is 138 Å². The summed E-state index contributed by atoms with van der Waals surface area (Å²) in [5, 5.41) is 0. The van der Waals surface area contributed by atoms with Crippen molar-refractivity contribution < 1.29 is 4.79 Å². The molecular weight excluding hydrogens is 382 g/mol. The van der Waals surface area contributed by atoms with Gasteiger partial charge in [0.25, 0.3) is 0 Å². The highest BCUT2D eigenvalue weighted by molar-refractivity contribution is 9.11. The molecule has 0 bridgehead atoms. The molecule has 0 heterocycles. The number of carbonyl (C=O) groups is 1. The second kappa shape index (κ2) is 9.35. The molecule has 0 fully saturated rings. The summed E-state index contributed by atoms with van der Waals surface area (Å²) in [7, 11) is 0. The fraction of sp³-hybridized carbons (Fsp3) is 0.438. The van der Waals surface area contributed by atoms with Crippen molar-refractivity contribution in [3.63, 3.8) is 0 Å². The average Bonchev–Trinajstić information content (AvgIpc) is 2.43. The van der Waals surface area contributed by atoms with Gasteiger partial charge in [-0.25, -0.2) is 0 Å². The quantitative estimate of drug-likeness (QED) is 0.511. The van der Waals surface area contributed by atoms with E-state index in [4.69, 9.17) is 0 Å². The van der Waals surface area contributed by atoms with Crippen LogP contribution in [-0.4, -0.2) is 5.91 Å². The summed E-state index contributed by atoms with van der Waals surface area (Å²) in [6.07, 6.45) is 5.65. The second-order valence-electron chi connectivity index (χ2n) is 4.72. The molecule has 0 unspecified atom stereocenters. The summed E-state index contributed by atoms with van der Waals surface area (Å²) in [6, 6.07) is 7.80. The molecule has 1 aromatic rings. The van der Waals surface area contributed by atoms with Crippen molar-refractivity contribution in [2.24, 2.45) is 0 Å². The predicted octanol–water partition coefficient (Wildman–Crippen LogP) is 6.01. The van der Waals surface area contributed by atoms with Gasteiger partial charge in [0, 0.05) is 22.1 Å². The van der Waals surface area contributed by atoms with Crippen LogP contribution >= 0.6 is 31.9 Å². The van der Waals surface area contributed by atoms with Gasteiger partial charge in [-0.15, -0.1) is 0 Å². The topological polar surface area (TPSA) is 20.3 Å². The van der Waals surface area contributed by atoms with Gasteiger partial charge in [0.2, 0.25) is 5.91 Å². The fourth-order valence-electron chi connectivity index (χ4n) is 2.11. The highest BCUT2D eigenvalue weighted by Crippen LogP contribution is 2.31. The van der Waals surface area contributed by atoms with Gasteiger partial charge in [0.15, 0.2) is 0 Å². The zero-order valence-corrected chi connectivity index (χ0v) is 15.2. The van der Waals surface area contributed by atoms with E-state index in [1.807, 2.05) is 29.3 Å². The Kier molecular flexibility index (Phi) is 8.15. The summed E-state index contributed by atoms with van der Waals surface area (Å²) in [4.78, 5) is 15.7. The lowest BCUT2D eigenvalue weighted by Crippen LogP contribution is -2.27. The van der Waals surface area contributed by atoms with Gasteiger partial charge in [-0.05, 0) is 40.9 Å². The van der Waals surface area contributed by atoms with Gasteiger partial charge in [-0.3, -0.25) is 9.69 Å². The lowest BCUT2D eigenvalue weighted by Gasteiger charge is -2.25. The van der Waals surface area contributed by atoms with Gasteiger partial charge < -0.3 is 0 Å². The van der Waals surface area contributed by atoms with Crippen LogP contribution in [0.25, 0.3) is 0 Å². The van der Waals surface area contributed by atoms with Gasteiger partial charge in [-0.1, -0.05) is 54.2 Å². The number of nitrogens with zero attached hydrogens (tertiary/aromatic N) is 1. The van der Waals surface area contributed by atoms with Gasteiger partial charge >= 0.3 is 0 Å². The van der Waals surface area contributed by atoms with Gasteiger partial charge in [-0.2, -0.15) is 0 Å². The minimum Gasteiger partial charge on any atom is -0.283 e. The zero-order chi connectivity index (χ0) is 15.0. The highest BCUT2D eigenvalue weighted by Gasteiger charge is 2.18. The normalized spacial score (nSPS) is 11.5. The number of anilines is 1. The molecule has 0 spiro atoms. The van der Waals surface area contributed by atoms with Gasteiger partial charge in [0.05, 0.1) is 5.69 Å². The summed E-state index contributed by atoms with van der Waals surface area (Å²) < 4.78 is 0.926. The molecule has 1 rings (SSSR count). The molecule has 0 N–H and O–H groups in total. The maximum Gasteiger partial charge on any atom is 0.228 e.